The number of aromatic amines is 1. The summed E-state index contributed by atoms with van der Waals surface area (Å²) in [6.45, 7) is 9.27. The summed E-state index contributed by atoms with van der Waals surface area (Å²) >= 11 is 0. The molecule has 0 radical (unpaired) electrons. The lowest BCUT2D eigenvalue weighted by molar-refractivity contribution is 0.412. The fourth-order valence-corrected chi connectivity index (χ4v) is 3.01. The minimum Gasteiger partial charge on any atom is -0.496 e. The zero-order valence-electron chi connectivity index (χ0n) is 19.4. The molecule has 2 aromatic heterocycles. The lowest BCUT2D eigenvalue weighted by atomic mass is 10.2. The van der Waals surface area contributed by atoms with Gasteiger partial charge in [0.25, 0.3) is 0 Å². The van der Waals surface area contributed by atoms with Crippen LogP contribution in [0.1, 0.15) is 37.3 Å². The van der Waals surface area contributed by atoms with Gasteiger partial charge in [-0.15, -0.1) is 6.58 Å². The molecule has 0 saturated carbocycles. The van der Waals surface area contributed by atoms with Gasteiger partial charge in [-0.25, -0.2) is 9.97 Å². The van der Waals surface area contributed by atoms with Gasteiger partial charge in [0, 0.05) is 12.8 Å². The molecule has 0 saturated heterocycles. The van der Waals surface area contributed by atoms with Crippen LogP contribution in [-0.2, 0) is 0 Å². The number of aromatic hydroxyl groups is 1. The molecule has 4 N–H and O–H groups in total. The number of benzene rings is 1. The number of aliphatic imine (C=N–C) groups is 1. The molecular weight excluding hydrogens is 404 g/mol. The molecule has 0 amide bonds. The van der Waals surface area contributed by atoms with Crippen LogP contribution >= 0.6 is 0 Å². The van der Waals surface area contributed by atoms with Crippen molar-refractivity contribution in [2.75, 3.05) is 32.6 Å². The van der Waals surface area contributed by atoms with E-state index in [0.29, 0.717) is 17.0 Å². The van der Waals surface area contributed by atoms with Gasteiger partial charge < -0.3 is 25.5 Å². The second-order valence-corrected chi connectivity index (χ2v) is 7.18. The lowest BCUT2D eigenvalue weighted by Gasteiger charge is -2.07. The van der Waals surface area contributed by atoms with Crippen LogP contribution in [0.4, 0.5) is 11.5 Å². The summed E-state index contributed by atoms with van der Waals surface area (Å²) in [5, 5.41) is 17.5. The first kappa shape index (κ1) is 24.9. The Hall–Kier alpha value is -3.39. The van der Waals surface area contributed by atoms with Gasteiger partial charge in [0.05, 0.1) is 23.7 Å². The number of ether oxygens (including phenoxy) is 1. The zero-order valence-corrected chi connectivity index (χ0v) is 19.4. The minimum absolute atomic E-state index is 0.0164. The van der Waals surface area contributed by atoms with Crippen molar-refractivity contribution >= 4 is 28.8 Å². The van der Waals surface area contributed by atoms with E-state index < -0.39 is 0 Å². The predicted molar refractivity (Wildman–Crippen MR) is 133 cm³/mol. The van der Waals surface area contributed by atoms with E-state index in [1.165, 1.54) is 6.33 Å². The Morgan fingerprint density at radius 3 is 2.66 bits per heavy atom. The summed E-state index contributed by atoms with van der Waals surface area (Å²) < 4.78 is 5.28. The highest BCUT2D eigenvalue weighted by Gasteiger charge is 2.15. The van der Waals surface area contributed by atoms with Gasteiger partial charge in [0.2, 0.25) is 0 Å². The quantitative estimate of drug-likeness (QED) is 0.207. The van der Waals surface area contributed by atoms with Gasteiger partial charge in [0.15, 0.2) is 5.88 Å². The van der Waals surface area contributed by atoms with E-state index in [0.717, 1.165) is 54.7 Å². The molecule has 0 bridgehead atoms. The standard InChI is InChI=1S/C20H26N6O2.C4H8/c1-13-10-14(6-7-16(13)28-3)23-11-15-17-18(22-9-5-4-8-21-2)24-12-25-19(17)26-20(15)27;1-3-4-2/h6-7,10-12,21,27H,4-5,8-9H2,1-3H3,(H2,22,24,25,26);3H,1,4H2,2H3. The van der Waals surface area contributed by atoms with Crippen molar-refractivity contribution in [2.45, 2.75) is 33.1 Å². The number of rotatable bonds is 10. The molecule has 2 heterocycles. The summed E-state index contributed by atoms with van der Waals surface area (Å²) in [6, 6.07) is 5.67. The van der Waals surface area contributed by atoms with Crippen molar-refractivity contribution in [1.82, 2.24) is 20.3 Å². The number of fused-ring (bicyclic) bond motifs is 1. The van der Waals surface area contributed by atoms with E-state index in [1.54, 1.807) is 13.3 Å². The van der Waals surface area contributed by atoms with E-state index in [1.807, 2.05) is 38.2 Å². The van der Waals surface area contributed by atoms with Crippen LogP contribution in [0.5, 0.6) is 11.6 Å². The zero-order chi connectivity index (χ0) is 23.3. The van der Waals surface area contributed by atoms with Crippen molar-refractivity contribution in [3.63, 3.8) is 0 Å². The Balaban J connectivity index is 0.000000837. The Morgan fingerprint density at radius 2 is 2.00 bits per heavy atom. The average Bonchev–Trinajstić information content (AvgIpc) is 3.13. The number of H-pyrrole nitrogens is 1. The molecule has 8 heteroatoms. The maximum atomic E-state index is 10.3. The molecule has 8 nitrogen and oxygen atoms in total. The van der Waals surface area contributed by atoms with Crippen molar-refractivity contribution < 1.29 is 9.84 Å². The predicted octanol–water partition coefficient (Wildman–Crippen LogP) is 4.73. The molecule has 0 aliphatic rings. The number of nitrogens with one attached hydrogen (secondary N) is 3. The number of aromatic nitrogens is 3. The van der Waals surface area contributed by atoms with Crippen molar-refractivity contribution in [3.8, 4) is 11.6 Å². The lowest BCUT2D eigenvalue weighted by Crippen LogP contribution is -2.10. The molecule has 0 aliphatic heterocycles. The van der Waals surface area contributed by atoms with Crippen molar-refractivity contribution in [1.29, 1.82) is 0 Å². The third-order valence-corrected chi connectivity index (χ3v) is 4.76. The summed E-state index contributed by atoms with van der Waals surface area (Å²) in [5.41, 5.74) is 2.89. The van der Waals surface area contributed by atoms with Crippen LogP contribution in [0.15, 0.2) is 42.2 Å². The Kier molecular flexibility index (Phi) is 10.2. The number of methoxy groups -OCH3 is 1. The monoisotopic (exact) mass is 438 g/mol. The Bertz CT molecular complexity index is 1030. The maximum Gasteiger partial charge on any atom is 0.199 e. The van der Waals surface area contributed by atoms with Crippen LogP contribution in [0.2, 0.25) is 0 Å². The number of aryl methyl sites for hydroxylation is 1. The van der Waals surface area contributed by atoms with Gasteiger partial charge in [-0.05, 0) is 63.5 Å². The highest BCUT2D eigenvalue weighted by Crippen LogP contribution is 2.30. The second kappa shape index (κ2) is 13.1. The van der Waals surface area contributed by atoms with Crippen LogP contribution < -0.4 is 15.4 Å². The van der Waals surface area contributed by atoms with Gasteiger partial charge in [0.1, 0.15) is 23.5 Å². The minimum atomic E-state index is 0.0164. The van der Waals surface area contributed by atoms with E-state index >= 15 is 0 Å². The average molecular weight is 439 g/mol. The summed E-state index contributed by atoms with van der Waals surface area (Å²) in [6.07, 6.45) is 8.14. The smallest absolute Gasteiger partial charge is 0.199 e. The van der Waals surface area contributed by atoms with Crippen LogP contribution in [0.3, 0.4) is 0 Å². The SMILES string of the molecule is C=CCC.CNCCCCNc1ncnc2[nH]c(O)c(C=Nc3ccc(OC)c(C)c3)c12. The summed E-state index contributed by atoms with van der Waals surface area (Å²) in [5.74, 6) is 1.51. The van der Waals surface area contributed by atoms with Crippen LogP contribution in [0, 0.1) is 6.92 Å². The van der Waals surface area contributed by atoms with Gasteiger partial charge in [-0.1, -0.05) is 13.0 Å². The van der Waals surface area contributed by atoms with E-state index in [9.17, 15) is 5.11 Å². The van der Waals surface area contributed by atoms with Crippen molar-refractivity contribution in [3.05, 3.63) is 48.3 Å². The number of hydrogen-bond donors (Lipinski definition) is 4. The molecular formula is C24H34N6O2. The number of anilines is 1. The summed E-state index contributed by atoms with van der Waals surface area (Å²) in [7, 11) is 3.59. The molecule has 0 spiro atoms. The first-order valence-electron chi connectivity index (χ1n) is 10.8. The fraction of sp³-hybridized carbons (Fsp3) is 0.375. The second-order valence-electron chi connectivity index (χ2n) is 7.18. The molecule has 172 valence electrons. The maximum absolute atomic E-state index is 10.3. The van der Waals surface area contributed by atoms with Crippen molar-refractivity contribution in [2.24, 2.45) is 4.99 Å². The number of nitrogens with zero attached hydrogens (tertiary/aromatic N) is 3. The molecule has 3 aromatic rings. The highest BCUT2D eigenvalue weighted by molar-refractivity contribution is 6.06. The first-order chi connectivity index (χ1) is 15.5. The fourth-order valence-electron chi connectivity index (χ4n) is 3.01. The van der Waals surface area contributed by atoms with Gasteiger partial charge >= 0.3 is 0 Å². The molecule has 3 rings (SSSR count). The highest BCUT2D eigenvalue weighted by atomic mass is 16.5. The topological polar surface area (TPSA) is 107 Å². The first-order valence-corrected chi connectivity index (χ1v) is 10.8. The Morgan fingerprint density at radius 1 is 1.25 bits per heavy atom. The molecule has 0 aliphatic carbocycles. The Labute approximate surface area is 189 Å². The van der Waals surface area contributed by atoms with Gasteiger partial charge in [-0.2, -0.15) is 0 Å². The molecule has 0 atom stereocenters. The summed E-state index contributed by atoms with van der Waals surface area (Å²) in [4.78, 5) is 16.0. The third-order valence-electron chi connectivity index (χ3n) is 4.76. The number of unbranched alkanes of at least 4 members (excludes halogenated alkanes) is 1. The van der Waals surface area contributed by atoms with Crippen LogP contribution in [-0.4, -0.2) is 53.5 Å². The molecule has 1 aromatic carbocycles. The largest absolute Gasteiger partial charge is 0.496 e. The number of hydrogen-bond acceptors (Lipinski definition) is 7. The van der Waals surface area contributed by atoms with E-state index in [2.05, 4.69) is 44.1 Å². The van der Waals surface area contributed by atoms with E-state index in [4.69, 9.17) is 4.74 Å². The van der Waals surface area contributed by atoms with E-state index in [-0.39, 0.29) is 5.88 Å². The van der Waals surface area contributed by atoms with Gasteiger partial charge in [-0.3, -0.25) is 4.99 Å². The number of allylic oxidation sites excluding steroid dienone is 1. The molecule has 32 heavy (non-hydrogen) atoms. The van der Waals surface area contributed by atoms with Crippen LogP contribution in [0.25, 0.3) is 11.0 Å². The molecule has 0 unspecified atom stereocenters. The normalized spacial score (nSPS) is 10.8. The third kappa shape index (κ3) is 6.81. The molecule has 0 fully saturated rings.